The zero-order chi connectivity index (χ0) is 17.4. The normalized spacial score (nSPS) is 16.4. The summed E-state index contributed by atoms with van der Waals surface area (Å²) in [5, 5.41) is 17.0. The van der Waals surface area contributed by atoms with Gasteiger partial charge in [0.25, 0.3) is 0 Å². The number of phenols is 1. The van der Waals surface area contributed by atoms with Gasteiger partial charge in [-0.05, 0) is 41.8 Å². The SMILES string of the molecule is CCc1cccc(-n2ncc3c2NC(=O)CC3c2ccc(O)cc2)c1. The molecule has 5 nitrogen and oxygen atoms in total. The van der Waals surface area contributed by atoms with Crippen molar-refractivity contribution in [2.45, 2.75) is 25.7 Å². The van der Waals surface area contributed by atoms with Crippen molar-refractivity contribution < 1.29 is 9.90 Å². The Morgan fingerprint density at radius 3 is 2.80 bits per heavy atom. The lowest BCUT2D eigenvalue weighted by Gasteiger charge is -2.24. The third kappa shape index (κ3) is 2.78. The molecule has 0 radical (unpaired) electrons. The molecule has 1 aromatic heterocycles. The highest BCUT2D eigenvalue weighted by atomic mass is 16.3. The second-order valence-corrected chi connectivity index (χ2v) is 6.28. The van der Waals surface area contributed by atoms with E-state index in [2.05, 4.69) is 29.5 Å². The Morgan fingerprint density at radius 1 is 1.24 bits per heavy atom. The lowest BCUT2D eigenvalue weighted by molar-refractivity contribution is -0.116. The maximum atomic E-state index is 12.3. The number of anilines is 1. The summed E-state index contributed by atoms with van der Waals surface area (Å²) in [7, 11) is 0. The van der Waals surface area contributed by atoms with Gasteiger partial charge in [0, 0.05) is 17.9 Å². The Kier molecular flexibility index (Phi) is 3.76. The summed E-state index contributed by atoms with van der Waals surface area (Å²) < 4.78 is 1.79. The molecule has 25 heavy (non-hydrogen) atoms. The van der Waals surface area contributed by atoms with Crippen LogP contribution in [-0.2, 0) is 11.2 Å². The number of aromatic nitrogens is 2. The molecular formula is C20H19N3O2. The summed E-state index contributed by atoms with van der Waals surface area (Å²) in [5.41, 5.74) is 4.15. The van der Waals surface area contributed by atoms with Crippen LogP contribution in [0.25, 0.3) is 5.69 Å². The quantitative estimate of drug-likeness (QED) is 0.769. The monoisotopic (exact) mass is 333 g/mol. The molecule has 0 bridgehead atoms. The first-order valence-electron chi connectivity index (χ1n) is 8.41. The molecule has 2 aromatic carbocycles. The number of amides is 1. The lowest BCUT2D eigenvalue weighted by atomic mass is 9.87. The van der Waals surface area contributed by atoms with Crippen LogP contribution in [0.15, 0.2) is 54.7 Å². The Hall–Kier alpha value is -3.08. The number of rotatable bonds is 3. The lowest BCUT2D eigenvalue weighted by Crippen LogP contribution is -2.24. The van der Waals surface area contributed by atoms with E-state index in [0.29, 0.717) is 6.42 Å². The van der Waals surface area contributed by atoms with Crippen molar-refractivity contribution in [2.24, 2.45) is 0 Å². The van der Waals surface area contributed by atoms with Crippen molar-refractivity contribution in [3.8, 4) is 11.4 Å². The zero-order valence-corrected chi connectivity index (χ0v) is 13.9. The van der Waals surface area contributed by atoms with Crippen LogP contribution in [0, 0.1) is 0 Å². The highest BCUT2D eigenvalue weighted by molar-refractivity contribution is 5.94. The molecule has 0 saturated carbocycles. The molecule has 0 fully saturated rings. The Bertz CT molecular complexity index is 928. The van der Waals surface area contributed by atoms with Gasteiger partial charge in [0.15, 0.2) is 0 Å². The van der Waals surface area contributed by atoms with Crippen LogP contribution in [0.3, 0.4) is 0 Å². The van der Waals surface area contributed by atoms with Crippen molar-refractivity contribution >= 4 is 11.7 Å². The molecule has 126 valence electrons. The van der Waals surface area contributed by atoms with E-state index in [1.165, 1.54) is 5.56 Å². The van der Waals surface area contributed by atoms with Gasteiger partial charge in [-0.2, -0.15) is 5.10 Å². The van der Waals surface area contributed by atoms with Gasteiger partial charge >= 0.3 is 0 Å². The van der Waals surface area contributed by atoms with Gasteiger partial charge in [-0.3, -0.25) is 4.79 Å². The number of nitrogens with one attached hydrogen (secondary N) is 1. The molecule has 0 saturated heterocycles. The number of aryl methyl sites for hydroxylation is 1. The van der Waals surface area contributed by atoms with E-state index in [9.17, 15) is 9.90 Å². The van der Waals surface area contributed by atoms with Gasteiger partial charge < -0.3 is 10.4 Å². The standard InChI is InChI=1S/C20H19N3O2/c1-2-13-4-3-5-15(10-13)23-20-18(12-21-23)17(11-19(25)22-20)14-6-8-16(24)9-7-14/h3-10,12,17,24H,2,11H2,1H3,(H,22,25). The van der Waals surface area contributed by atoms with E-state index in [1.807, 2.05) is 30.5 Å². The van der Waals surface area contributed by atoms with Crippen LogP contribution >= 0.6 is 0 Å². The van der Waals surface area contributed by atoms with Gasteiger partial charge in [0.1, 0.15) is 11.6 Å². The molecule has 3 aromatic rings. The topological polar surface area (TPSA) is 67.2 Å². The van der Waals surface area contributed by atoms with E-state index in [1.54, 1.807) is 16.8 Å². The minimum atomic E-state index is -0.0625. The van der Waals surface area contributed by atoms with Crippen LogP contribution in [0.5, 0.6) is 5.75 Å². The maximum absolute atomic E-state index is 12.3. The van der Waals surface area contributed by atoms with Gasteiger partial charge in [0.2, 0.25) is 5.91 Å². The third-order valence-corrected chi connectivity index (χ3v) is 4.68. The predicted molar refractivity (Wildman–Crippen MR) is 96.1 cm³/mol. The fourth-order valence-electron chi connectivity index (χ4n) is 3.33. The number of hydrogen-bond donors (Lipinski definition) is 2. The fraction of sp³-hybridized carbons (Fsp3) is 0.200. The number of benzene rings is 2. The zero-order valence-electron chi connectivity index (χ0n) is 13.9. The third-order valence-electron chi connectivity index (χ3n) is 4.68. The molecule has 0 aliphatic carbocycles. The first kappa shape index (κ1) is 15.4. The van der Waals surface area contributed by atoms with Crippen molar-refractivity contribution in [1.82, 2.24) is 9.78 Å². The van der Waals surface area contributed by atoms with Crippen LogP contribution in [0.4, 0.5) is 5.82 Å². The largest absolute Gasteiger partial charge is 0.508 e. The van der Waals surface area contributed by atoms with Gasteiger partial charge in [-0.25, -0.2) is 4.68 Å². The molecule has 1 aliphatic heterocycles. The highest BCUT2D eigenvalue weighted by Crippen LogP contribution is 2.38. The summed E-state index contributed by atoms with van der Waals surface area (Å²) in [5.74, 6) is 0.852. The molecule has 1 aliphatic rings. The number of carbonyl (C=O) groups is 1. The molecule has 1 amide bonds. The van der Waals surface area contributed by atoms with E-state index >= 15 is 0 Å². The van der Waals surface area contributed by atoms with E-state index in [0.717, 1.165) is 29.1 Å². The first-order valence-corrected chi connectivity index (χ1v) is 8.41. The van der Waals surface area contributed by atoms with Gasteiger partial charge in [-0.15, -0.1) is 0 Å². The van der Waals surface area contributed by atoms with Crippen LogP contribution in [-0.4, -0.2) is 20.8 Å². The Balaban J connectivity index is 1.79. The molecule has 2 heterocycles. The van der Waals surface area contributed by atoms with Crippen LogP contribution in [0.2, 0.25) is 0 Å². The minimum Gasteiger partial charge on any atom is -0.508 e. The maximum Gasteiger partial charge on any atom is 0.226 e. The molecular weight excluding hydrogens is 314 g/mol. The second kappa shape index (κ2) is 6.09. The fourth-order valence-corrected chi connectivity index (χ4v) is 3.33. The summed E-state index contributed by atoms with van der Waals surface area (Å²) in [6.07, 6.45) is 3.14. The number of aromatic hydroxyl groups is 1. The Morgan fingerprint density at radius 2 is 2.04 bits per heavy atom. The smallest absolute Gasteiger partial charge is 0.226 e. The van der Waals surface area contributed by atoms with Crippen molar-refractivity contribution in [3.05, 3.63) is 71.4 Å². The molecule has 4 rings (SSSR count). The second-order valence-electron chi connectivity index (χ2n) is 6.28. The van der Waals surface area contributed by atoms with Crippen LogP contribution < -0.4 is 5.32 Å². The number of nitrogens with zero attached hydrogens (tertiary/aromatic N) is 2. The number of fused-ring (bicyclic) bond motifs is 1. The molecule has 5 heteroatoms. The van der Waals surface area contributed by atoms with Crippen LogP contribution in [0.1, 0.15) is 36.0 Å². The van der Waals surface area contributed by atoms with Crippen molar-refractivity contribution in [3.63, 3.8) is 0 Å². The summed E-state index contributed by atoms with van der Waals surface area (Å²) >= 11 is 0. The van der Waals surface area contributed by atoms with E-state index < -0.39 is 0 Å². The summed E-state index contributed by atoms with van der Waals surface area (Å²) in [4.78, 5) is 12.3. The summed E-state index contributed by atoms with van der Waals surface area (Å²) in [6, 6.07) is 15.2. The van der Waals surface area contributed by atoms with Gasteiger partial charge in [-0.1, -0.05) is 31.2 Å². The molecule has 1 unspecified atom stereocenters. The molecule has 2 N–H and O–H groups in total. The Labute approximate surface area is 145 Å². The van der Waals surface area contributed by atoms with E-state index in [-0.39, 0.29) is 17.6 Å². The molecule has 0 spiro atoms. The van der Waals surface area contributed by atoms with Crippen molar-refractivity contribution in [1.29, 1.82) is 0 Å². The molecule has 1 atom stereocenters. The number of hydrogen-bond acceptors (Lipinski definition) is 3. The summed E-state index contributed by atoms with van der Waals surface area (Å²) in [6.45, 7) is 2.11. The predicted octanol–water partition coefficient (Wildman–Crippen LogP) is 3.61. The number of phenolic OH excluding ortho intramolecular Hbond substituents is 1. The van der Waals surface area contributed by atoms with Crippen molar-refractivity contribution in [2.75, 3.05) is 5.32 Å². The van der Waals surface area contributed by atoms with Gasteiger partial charge in [0.05, 0.1) is 11.9 Å². The minimum absolute atomic E-state index is 0.0287. The number of carbonyl (C=O) groups excluding carboxylic acids is 1. The highest BCUT2D eigenvalue weighted by Gasteiger charge is 2.30. The average Bonchev–Trinajstić information content (AvgIpc) is 3.05. The average molecular weight is 333 g/mol. The van der Waals surface area contributed by atoms with E-state index in [4.69, 9.17) is 0 Å². The first-order chi connectivity index (χ1) is 12.2.